The maximum Gasteiger partial charge on any atom is 0.322 e. The molecule has 3 N–H and O–H groups in total. The number of carbonyl (C=O) groups excluding carboxylic acids is 1. The van der Waals surface area contributed by atoms with E-state index in [0.29, 0.717) is 12.2 Å². The summed E-state index contributed by atoms with van der Waals surface area (Å²) < 4.78 is 18.9. The van der Waals surface area contributed by atoms with Crippen molar-refractivity contribution >= 4 is 34.0 Å². The van der Waals surface area contributed by atoms with Crippen LogP contribution in [0.3, 0.4) is 0 Å². The van der Waals surface area contributed by atoms with Crippen molar-refractivity contribution < 1.29 is 19.0 Å². The number of nitrogens with zero attached hydrogens (tertiary/aromatic N) is 3. The minimum Gasteiger partial charge on any atom is -0.497 e. The van der Waals surface area contributed by atoms with Crippen molar-refractivity contribution in [1.29, 1.82) is 0 Å². The van der Waals surface area contributed by atoms with Gasteiger partial charge in [0.25, 0.3) is 0 Å². The number of aliphatic hydroxyl groups excluding tert-OH is 1. The lowest BCUT2D eigenvalue weighted by Crippen LogP contribution is -2.56. The molecule has 2 aliphatic rings. The Hall–Kier alpha value is -3.47. The predicted molar refractivity (Wildman–Crippen MR) is 145 cm³/mol. The minimum absolute atomic E-state index is 0.222. The molecule has 0 unspecified atom stereocenters. The van der Waals surface area contributed by atoms with E-state index in [4.69, 9.17) is 4.74 Å². The SMILES string of the molecule is COc1ccc2c3c([nH]c2c1)[C@H](CO)N(C(=O)Nc1ccc(F)cc1)CC31CCN(Cc2nccs2)CC1. The largest absolute Gasteiger partial charge is 0.497 e. The van der Waals surface area contributed by atoms with Gasteiger partial charge in [-0.05, 0) is 67.9 Å². The van der Waals surface area contributed by atoms with Gasteiger partial charge in [-0.25, -0.2) is 14.2 Å². The van der Waals surface area contributed by atoms with Crippen molar-refractivity contribution in [2.24, 2.45) is 0 Å². The second kappa shape index (κ2) is 10.0. The molecule has 4 heterocycles. The summed E-state index contributed by atoms with van der Waals surface area (Å²) in [5, 5.41) is 17.6. The zero-order valence-corrected chi connectivity index (χ0v) is 21.9. The Bertz CT molecular complexity index is 1430. The monoisotopic (exact) mass is 535 g/mol. The van der Waals surface area contributed by atoms with E-state index in [0.717, 1.165) is 59.8 Å². The third-order valence-electron chi connectivity index (χ3n) is 7.93. The van der Waals surface area contributed by atoms with Gasteiger partial charge in [0.05, 0.1) is 26.3 Å². The number of hydrogen-bond acceptors (Lipinski definition) is 6. The van der Waals surface area contributed by atoms with Crippen LogP contribution in [0.25, 0.3) is 10.9 Å². The smallest absolute Gasteiger partial charge is 0.322 e. The van der Waals surface area contributed by atoms with Crippen molar-refractivity contribution in [2.75, 3.05) is 38.7 Å². The van der Waals surface area contributed by atoms with E-state index in [9.17, 15) is 14.3 Å². The van der Waals surface area contributed by atoms with Gasteiger partial charge in [-0.3, -0.25) is 4.90 Å². The molecule has 4 aromatic rings. The zero-order chi connectivity index (χ0) is 26.3. The first kappa shape index (κ1) is 24.8. The van der Waals surface area contributed by atoms with Gasteiger partial charge in [0.15, 0.2) is 0 Å². The number of urea groups is 1. The van der Waals surface area contributed by atoms with Gasteiger partial charge < -0.3 is 25.0 Å². The van der Waals surface area contributed by atoms with E-state index in [2.05, 4.69) is 26.3 Å². The average molecular weight is 536 g/mol. The summed E-state index contributed by atoms with van der Waals surface area (Å²) in [4.78, 5) is 25.7. The van der Waals surface area contributed by atoms with Gasteiger partial charge in [0.1, 0.15) is 16.6 Å². The quantitative estimate of drug-likeness (QED) is 0.339. The molecule has 2 aliphatic heterocycles. The number of H-pyrrole nitrogens is 1. The van der Waals surface area contributed by atoms with Crippen LogP contribution in [0.15, 0.2) is 54.0 Å². The number of carbonyl (C=O) groups is 1. The van der Waals surface area contributed by atoms with Crippen LogP contribution in [0.4, 0.5) is 14.9 Å². The van der Waals surface area contributed by atoms with E-state index in [1.54, 1.807) is 35.5 Å². The fourth-order valence-electron chi connectivity index (χ4n) is 6.02. The number of hydrogen-bond donors (Lipinski definition) is 3. The molecular weight excluding hydrogens is 505 g/mol. The molecule has 0 aliphatic carbocycles. The number of thiazole rings is 1. The van der Waals surface area contributed by atoms with Crippen LogP contribution >= 0.6 is 11.3 Å². The Kier molecular flexibility index (Phi) is 6.55. The number of nitrogens with one attached hydrogen (secondary N) is 2. The molecule has 2 aromatic heterocycles. The highest BCUT2D eigenvalue weighted by atomic mass is 32.1. The molecular formula is C28H30FN5O3S. The highest BCUT2D eigenvalue weighted by Gasteiger charge is 2.48. The van der Waals surface area contributed by atoms with Gasteiger partial charge in [-0.15, -0.1) is 11.3 Å². The van der Waals surface area contributed by atoms with Crippen LogP contribution < -0.4 is 10.1 Å². The van der Waals surface area contributed by atoms with Crippen LogP contribution in [0, 0.1) is 5.82 Å². The number of aromatic amines is 1. The number of benzene rings is 2. The van der Waals surface area contributed by atoms with Gasteiger partial charge in [-0.1, -0.05) is 0 Å². The fraction of sp³-hybridized carbons (Fsp3) is 0.357. The van der Waals surface area contributed by atoms with E-state index >= 15 is 0 Å². The molecule has 198 valence electrons. The molecule has 8 nitrogen and oxygen atoms in total. The summed E-state index contributed by atoms with van der Waals surface area (Å²) >= 11 is 1.67. The van der Waals surface area contributed by atoms with E-state index in [1.165, 1.54) is 17.7 Å². The Morgan fingerprint density at radius 3 is 2.74 bits per heavy atom. The maximum atomic E-state index is 13.6. The van der Waals surface area contributed by atoms with Crippen LogP contribution in [-0.2, 0) is 12.0 Å². The maximum absolute atomic E-state index is 13.6. The lowest BCUT2D eigenvalue weighted by molar-refractivity contribution is 0.0707. The number of amides is 2. The van der Waals surface area contributed by atoms with Crippen LogP contribution in [-0.4, -0.2) is 64.3 Å². The van der Waals surface area contributed by atoms with E-state index in [-0.39, 0.29) is 23.9 Å². The lowest BCUT2D eigenvalue weighted by atomic mass is 9.68. The van der Waals surface area contributed by atoms with Crippen molar-refractivity contribution in [2.45, 2.75) is 30.8 Å². The second-order valence-electron chi connectivity index (χ2n) is 10.1. The Morgan fingerprint density at radius 2 is 2.05 bits per heavy atom. The summed E-state index contributed by atoms with van der Waals surface area (Å²) in [5.41, 5.74) is 3.21. The van der Waals surface area contributed by atoms with Gasteiger partial charge in [0.2, 0.25) is 0 Å². The highest BCUT2D eigenvalue weighted by molar-refractivity contribution is 7.09. The van der Waals surface area contributed by atoms with Crippen molar-refractivity contribution in [1.82, 2.24) is 19.8 Å². The summed E-state index contributed by atoms with van der Waals surface area (Å²) in [6, 6.07) is 10.9. The Morgan fingerprint density at radius 1 is 1.26 bits per heavy atom. The van der Waals surface area contributed by atoms with Crippen molar-refractivity contribution in [3.8, 4) is 5.75 Å². The molecule has 1 spiro atoms. The van der Waals surface area contributed by atoms with Crippen molar-refractivity contribution in [3.05, 3.63) is 76.1 Å². The number of methoxy groups -OCH3 is 1. The molecule has 1 saturated heterocycles. The summed E-state index contributed by atoms with van der Waals surface area (Å²) in [6.45, 7) is 2.82. The lowest BCUT2D eigenvalue weighted by Gasteiger charge is -2.50. The number of anilines is 1. The van der Waals surface area contributed by atoms with Crippen molar-refractivity contribution in [3.63, 3.8) is 0 Å². The van der Waals surface area contributed by atoms with Gasteiger partial charge in [-0.2, -0.15) is 0 Å². The first-order valence-corrected chi connectivity index (χ1v) is 13.6. The van der Waals surface area contributed by atoms with Gasteiger partial charge in [0, 0.05) is 51.9 Å². The van der Waals surface area contributed by atoms with Crippen LogP contribution in [0.1, 0.15) is 35.1 Å². The third kappa shape index (κ3) is 4.42. The summed E-state index contributed by atoms with van der Waals surface area (Å²) in [5.74, 6) is 0.380. The average Bonchev–Trinajstić information content (AvgIpc) is 3.59. The number of piperidine rings is 1. The molecule has 0 saturated carbocycles. The summed E-state index contributed by atoms with van der Waals surface area (Å²) in [7, 11) is 1.64. The predicted octanol–water partition coefficient (Wildman–Crippen LogP) is 4.89. The highest BCUT2D eigenvalue weighted by Crippen LogP contribution is 2.49. The molecule has 2 amide bonds. The molecule has 0 radical (unpaired) electrons. The zero-order valence-electron chi connectivity index (χ0n) is 21.1. The molecule has 6 rings (SSSR count). The molecule has 1 fully saturated rings. The van der Waals surface area contributed by atoms with Crippen LogP contribution in [0.2, 0.25) is 0 Å². The number of aliphatic hydroxyl groups is 1. The number of likely N-dealkylation sites (tertiary alicyclic amines) is 1. The fourth-order valence-corrected chi connectivity index (χ4v) is 6.68. The van der Waals surface area contributed by atoms with E-state index < -0.39 is 6.04 Å². The molecule has 10 heteroatoms. The number of rotatable bonds is 5. The topological polar surface area (TPSA) is 93.7 Å². The van der Waals surface area contributed by atoms with Gasteiger partial charge >= 0.3 is 6.03 Å². The summed E-state index contributed by atoms with van der Waals surface area (Å²) in [6.07, 6.45) is 3.57. The molecule has 2 aromatic carbocycles. The van der Waals surface area contributed by atoms with E-state index in [1.807, 2.05) is 23.7 Å². The third-order valence-corrected chi connectivity index (χ3v) is 8.70. The molecule has 1 atom stereocenters. The number of halogens is 1. The second-order valence-corrected chi connectivity index (χ2v) is 11.0. The standard InChI is InChI=1S/C28H30FN5O3S/c1-37-20-6-7-21-22(14-20)32-26-23(16-35)34(27(36)31-19-4-2-18(29)3-5-19)17-28(25(21)26)8-11-33(12-9-28)15-24-30-10-13-38-24/h2-7,10,13-14,23,32,35H,8-9,11-12,15-17H2,1H3,(H,31,36)/t23-/m0/s1. The Balaban J connectivity index is 1.37. The Labute approximate surface area is 224 Å². The first-order chi connectivity index (χ1) is 18.5. The molecule has 38 heavy (non-hydrogen) atoms. The van der Waals surface area contributed by atoms with Crippen LogP contribution in [0.5, 0.6) is 5.75 Å². The molecule has 0 bridgehead atoms. The number of fused-ring (bicyclic) bond motifs is 4. The first-order valence-electron chi connectivity index (χ1n) is 12.7. The minimum atomic E-state index is -0.539. The number of ether oxygens (including phenoxy) is 1. The normalized spacial score (nSPS) is 19.0. The number of aromatic nitrogens is 2.